The quantitative estimate of drug-likeness (QED) is 0.383. The molecule has 0 aromatic heterocycles. The van der Waals surface area contributed by atoms with Crippen molar-refractivity contribution in [1.29, 1.82) is 0 Å². The summed E-state index contributed by atoms with van der Waals surface area (Å²) in [6, 6.07) is 0. The van der Waals surface area contributed by atoms with Crippen LogP contribution in [0.2, 0.25) is 0 Å². The molecule has 0 amide bonds. The van der Waals surface area contributed by atoms with E-state index in [0.717, 1.165) is 30.6 Å². The molecule has 0 saturated heterocycles. The van der Waals surface area contributed by atoms with Gasteiger partial charge in [-0.1, -0.05) is 92.4 Å². The van der Waals surface area contributed by atoms with Crippen LogP contribution in [0.3, 0.4) is 0 Å². The molecule has 17 heavy (non-hydrogen) atoms. The van der Waals surface area contributed by atoms with E-state index in [0.29, 0.717) is 0 Å². The molecule has 0 N–H and O–H groups in total. The molecule has 0 aliphatic carbocycles. The SMILES string of the molecule is [CH2]CCCCCC(C)C(C)C(C)CCCC[CH2]. The van der Waals surface area contributed by atoms with Crippen molar-refractivity contribution < 1.29 is 0 Å². The molecule has 2 radical (unpaired) electrons. The van der Waals surface area contributed by atoms with E-state index < -0.39 is 0 Å². The normalized spacial score (nSPS) is 16.8. The predicted molar refractivity (Wildman–Crippen MR) is 79.8 cm³/mol. The molecule has 0 aromatic rings. The Balaban J connectivity index is 3.66. The zero-order valence-corrected chi connectivity index (χ0v) is 12.5. The molecular weight excluding hydrogens is 204 g/mol. The molecule has 0 aromatic carbocycles. The van der Waals surface area contributed by atoms with Crippen LogP contribution < -0.4 is 0 Å². The predicted octanol–water partition coefficient (Wildman–Crippen LogP) is 6.07. The maximum absolute atomic E-state index is 3.92. The summed E-state index contributed by atoms with van der Waals surface area (Å²) in [5, 5.41) is 0. The molecule has 0 aliphatic heterocycles. The fraction of sp³-hybridized carbons (Fsp3) is 0.882. The van der Waals surface area contributed by atoms with Gasteiger partial charge in [0.1, 0.15) is 0 Å². The molecule has 102 valence electrons. The van der Waals surface area contributed by atoms with Crippen LogP contribution in [-0.4, -0.2) is 0 Å². The van der Waals surface area contributed by atoms with Crippen LogP contribution in [0.1, 0.15) is 78.6 Å². The van der Waals surface area contributed by atoms with Crippen LogP contribution in [-0.2, 0) is 0 Å². The first-order valence-electron chi connectivity index (χ1n) is 7.72. The van der Waals surface area contributed by atoms with Gasteiger partial charge in [0.2, 0.25) is 0 Å². The van der Waals surface area contributed by atoms with Gasteiger partial charge in [-0.25, -0.2) is 0 Å². The molecule has 0 bridgehead atoms. The van der Waals surface area contributed by atoms with Gasteiger partial charge in [0, 0.05) is 0 Å². The van der Waals surface area contributed by atoms with E-state index in [4.69, 9.17) is 0 Å². The zero-order valence-electron chi connectivity index (χ0n) is 12.5. The monoisotopic (exact) mass is 238 g/mol. The second kappa shape index (κ2) is 11.1. The summed E-state index contributed by atoms with van der Waals surface area (Å²) in [5.41, 5.74) is 0. The Morgan fingerprint density at radius 1 is 0.647 bits per heavy atom. The summed E-state index contributed by atoms with van der Waals surface area (Å²) < 4.78 is 0. The molecule has 0 rings (SSSR count). The maximum atomic E-state index is 3.92. The Labute approximate surface area is 111 Å². The van der Waals surface area contributed by atoms with Crippen LogP contribution in [0.15, 0.2) is 0 Å². The Bertz CT molecular complexity index is 150. The van der Waals surface area contributed by atoms with E-state index in [1.165, 1.54) is 44.9 Å². The molecule has 0 heteroatoms. The van der Waals surface area contributed by atoms with E-state index in [2.05, 4.69) is 34.6 Å². The van der Waals surface area contributed by atoms with Gasteiger partial charge in [-0.2, -0.15) is 0 Å². The second-order valence-electron chi connectivity index (χ2n) is 5.87. The van der Waals surface area contributed by atoms with Crippen molar-refractivity contribution in [2.75, 3.05) is 0 Å². The van der Waals surface area contributed by atoms with E-state index >= 15 is 0 Å². The van der Waals surface area contributed by atoms with Gasteiger partial charge in [-0.05, 0) is 17.8 Å². The van der Waals surface area contributed by atoms with Gasteiger partial charge in [-0.15, -0.1) is 0 Å². The minimum Gasteiger partial charge on any atom is -0.0622 e. The van der Waals surface area contributed by atoms with Crippen molar-refractivity contribution in [2.45, 2.75) is 78.6 Å². The summed E-state index contributed by atoms with van der Waals surface area (Å²) in [6.45, 7) is 15.1. The highest BCUT2D eigenvalue weighted by Crippen LogP contribution is 2.28. The zero-order chi connectivity index (χ0) is 13.1. The smallest absolute Gasteiger partial charge is 0.0391 e. The molecule has 0 spiro atoms. The van der Waals surface area contributed by atoms with Crippen molar-refractivity contribution in [3.63, 3.8) is 0 Å². The summed E-state index contributed by atoms with van der Waals surface area (Å²) in [4.78, 5) is 0. The minimum absolute atomic E-state index is 0.875. The van der Waals surface area contributed by atoms with Gasteiger partial charge in [0.25, 0.3) is 0 Å². The van der Waals surface area contributed by atoms with E-state index in [-0.39, 0.29) is 0 Å². The lowest BCUT2D eigenvalue weighted by atomic mass is 9.80. The van der Waals surface area contributed by atoms with Gasteiger partial charge >= 0.3 is 0 Å². The maximum Gasteiger partial charge on any atom is -0.0391 e. The van der Waals surface area contributed by atoms with Crippen molar-refractivity contribution >= 4 is 0 Å². The highest BCUT2D eigenvalue weighted by atomic mass is 14.2. The Kier molecular flexibility index (Phi) is 11.1. The van der Waals surface area contributed by atoms with Crippen molar-refractivity contribution in [2.24, 2.45) is 17.8 Å². The largest absolute Gasteiger partial charge is 0.0622 e. The Morgan fingerprint density at radius 3 is 1.53 bits per heavy atom. The van der Waals surface area contributed by atoms with Crippen LogP contribution in [0, 0.1) is 31.6 Å². The number of rotatable bonds is 11. The summed E-state index contributed by atoms with van der Waals surface area (Å²) in [7, 11) is 0. The van der Waals surface area contributed by atoms with Gasteiger partial charge in [-0.3, -0.25) is 0 Å². The third-order valence-electron chi connectivity index (χ3n) is 4.36. The van der Waals surface area contributed by atoms with Crippen molar-refractivity contribution in [1.82, 2.24) is 0 Å². The first kappa shape index (κ1) is 17.0. The number of hydrogen-bond acceptors (Lipinski definition) is 0. The lowest BCUT2D eigenvalue weighted by Gasteiger charge is -2.26. The van der Waals surface area contributed by atoms with Gasteiger partial charge in [0.15, 0.2) is 0 Å². The number of hydrogen-bond donors (Lipinski definition) is 0. The molecule has 3 unspecified atom stereocenters. The molecule has 0 saturated carbocycles. The first-order valence-corrected chi connectivity index (χ1v) is 7.72. The first-order chi connectivity index (χ1) is 8.13. The van der Waals surface area contributed by atoms with Crippen molar-refractivity contribution in [3.05, 3.63) is 13.8 Å². The topological polar surface area (TPSA) is 0 Å². The van der Waals surface area contributed by atoms with E-state index in [9.17, 15) is 0 Å². The Hall–Kier alpha value is 0. The third-order valence-corrected chi connectivity index (χ3v) is 4.36. The van der Waals surface area contributed by atoms with E-state index in [1.54, 1.807) is 0 Å². The molecule has 3 atom stereocenters. The summed E-state index contributed by atoms with van der Waals surface area (Å²) >= 11 is 0. The average Bonchev–Trinajstić information content (AvgIpc) is 2.33. The van der Waals surface area contributed by atoms with Gasteiger partial charge < -0.3 is 0 Å². The summed E-state index contributed by atoms with van der Waals surface area (Å²) in [5.74, 6) is 2.64. The second-order valence-corrected chi connectivity index (χ2v) is 5.87. The minimum atomic E-state index is 0.875. The van der Waals surface area contributed by atoms with Crippen LogP contribution in [0.25, 0.3) is 0 Å². The molecular formula is C17H34. The van der Waals surface area contributed by atoms with Crippen molar-refractivity contribution in [3.8, 4) is 0 Å². The van der Waals surface area contributed by atoms with E-state index in [1.807, 2.05) is 0 Å². The molecule has 0 fully saturated rings. The van der Waals surface area contributed by atoms with Crippen LogP contribution >= 0.6 is 0 Å². The fourth-order valence-electron chi connectivity index (χ4n) is 2.55. The molecule has 0 aliphatic rings. The number of unbranched alkanes of at least 4 members (excludes halogenated alkanes) is 5. The van der Waals surface area contributed by atoms with Gasteiger partial charge in [0.05, 0.1) is 0 Å². The Morgan fingerprint density at radius 2 is 1.06 bits per heavy atom. The lowest BCUT2D eigenvalue weighted by Crippen LogP contribution is -2.16. The molecule has 0 nitrogen and oxygen atoms in total. The highest BCUT2D eigenvalue weighted by Gasteiger charge is 2.18. The standard InChI is InChI=1S/C17H34/c1-6-8-10-12-14-16(4)17(5)15(3)13-11-9-7-2/h15-17H,1-2,6-14H2,3-5H3. The fourth-order valence-corrected chi connectivity index (χ4v) is 2.55. The lowest BCUT2D eigenvalue weighted by molar-refractivity contribution is 0.245. The average molecular weight is 238 g/mol. The van der Waals surface area contributed by atoms with Crippen LogP contribution in [0.4, 0.5) is 0 Å². The summed E-state index contributed by atoms with van der Waals surface area (Å²) in [6.07, 6.45) is 11.7. The highest BCUT2D eigenvalue weighted by molar-refractivity contribution is 4.69. The molecule has 0 heterocycles. The van der Waals surface area contributed by atoms with Crippen LogP contribution in [0.5, 0.6) is 0 Å². The third kappa shape index (κ3) is 8.69.